The largest absolute Gasteiger partial charge is 0.483 e. The maximum Gasteiger partial charge on any atom is 0.483 e. The molecule has 0 aromatic carbocycles. The van der Waals surface area contributed by atoms with Gasteiger partial charge in [-0.15, -0.1) is 0 Å². The third kappa shape index (κ3) is 20.6. The maximum absolute atomic E-state index is 13.4. The van der Waals surface area contributed by atoms with Crippen molar-refractivity contribution in [1.29, 1.82) is 0 Å². The number of nitrogens with two attached hydrogens (primary N) is 1. The Morgan fingerprint density at radius 2 is 1.34 bits per heavy atom. The Hall–Kier alpha value is -5.89. The second-order valence-electron chi connectivity index (χ2n) is 18.4. The van der Waals surface area contributed by atoms with Crippen LogP contribution in [0.25, 0.3) is 0 Å². The number of ether oxygens (including phenoxy) is 3. The predicted octanol–water partition coefficient (Wildman–Crippen LogP) is -7.00. The van der Waals surface area contributed by atoms with Gasteiger partial charge in [-0.2, -0.15) is 4.31 Å². The van der Waals surface area contributed by atoms with Crippen LogP contribution >= 0.6 is 15.6 Å². The molecule has 0 aromatic rings. The smallest absolute Gasteiger partial charge is 0.480 e. The summed E-state index contributed by atoms with van der Waals surface area (Å²) in [6.45, 7) is 2.86. The van der Waals surface area contributed by atoms with Crippen molar-refractivity contribution in [2.75, 3.05) is 19.8 Å². The SMILES string of the molecule is CC(=O)N[C@H]1[C@@H](OP(=O)(O)OP(=O)(O)OC[C@H]2O[C@@H](N3CCC(=O)NC3=O)[C@H](O)[C@@H]2O)O[C@H](CO)[C@@H](O)[C@@H]1O[C@H](C)C(=O)N[C@@H](C)C(=O)N[C@H](CCC(=O)N[C@@H](CCC[C@@H](N)C(=O)O)C(=O)N[C@H](C)C(=O)N[C@H](C)C(=O)O)C(=O)O. The summed E-state index contributed by atoms with van der Waals surface area (Å²) in [6.07, 6.45) is -18.9. The van der Waals surface area contributed by atoms with Gasteiger partial charge in [-0.05, 0) is 53.4 Å². The first kappa shape index (κ1) is 68.4. The number of aliphatic hydroxyl groups excluding tert-OH is 4. The molecule has 3 fully saturated rings. The van der Waals surface area contributed by atoms with Gasteiger partial charge >= 0.3 is 39.6 Å². The van der Waals surface area contributed by atoms with Crippen molar-refractivity contribution < 1.29 is 135 Å². The van der Waals surface area contributed by atoms with E-state index in [-0.39, 0.29) is 32.2 Å². The Balaban J connectivity index is 1.65. The predicted molar refractivity (Wildman–Crippen MR) is 258 cm³/mol. The van der Waals surface area contributed by atoms with E-state index >= 15 is 0 Å². The molecule has 2 unspecified atom stereocenters. The van der Waals surface area contributed by atoms with Crippen LogP contribution in [0, 0.1) is 0 Å². The van der Waals surface area contributed by atoms with Crippen LogP contribution in [0.4, 0.5) is 4.79 Å². The summed E-state index contributed by atoms with van der Waals surface area (Å²) in [4.78, 5) is 158. The summed E-state index contributed by atoms with van der Waals surface area (Å²) >= 11 is 0. The number of phosphoric ester groups is 2. The Morgan fingerprint density at radius 1 is 0.738 bits per heavy atom. The molecule has 3 heterocycles. The van der Waals surface area contributed by atoms with Gasteiger partial charge in [0.05, 0.1) is 13.2 Å². The standard InChI is InChI=1S/C41H67N9O28P2/c1-15(32(58)45-17(3)37(62)63)44-35(61)21(8-6-7-20(42)38(64)65)47-25(53)10-9-22(39(66)67)48-33(59)16(2)43-34(60)18(4)74-31-27(46-19(5)52)40(76-23(13-51)29(31)56)77-80(71,72)78-79(69,70)73-14-24-28(55)30(57)36(75-24)50-12-11-26(54)49-41(50)68/h15-18,20-24,27-31,36,40,51,55-57H,6-14,42H2,1-5H3,(H,43,60)(H,44,61)(H,45,58)(H,46,52)(H,47,53)(H,48,59)(H,62,63)(H,64,65)(H,66,67)(H,69,70)(H,71,72)(H,49,54,68)/t15-,16+,17-,18-,20-,21+,22-,23-,24-,27-,28-,29-,30-,31-,36-,40-/m1/s1. The summed E-state index contributed by atoms with van der Waals surface area (Å²) in [6, 6.07) is -11.9. The number of nitrogens with one attached hydrogen (secondary N) is 7. The Bertz CT molecular complexity index is 2390. The van der Waals surface area contributed by atoms with Gasteiger partial charge in [0, 0.05) is 26.3 Å². The number of aliphatic hydroxyl groups is 4. The molecule has 3 saturated heterocycles. The third-order valence-corrected chi connectivity index (χ3v) is 14.6. The zero-order valence-corrected chi connectivity index (χ0v) is 45.1. The topological polar surface area (TPSA) is 573 Å². The van der Waals surface area contributed by atoms with E-state index < -0.39 is 205 Å². The van der Waals surface area contributed by atoms with Crippen molar-refractivity contribution in [3.05, 3.63) is 0 Å². The maximum atomic E-state index is 13.4. The molecule has 18 N–H and O–H groups in total. The van der Waals surface area contributed by atoms with Crippen molar-refractivity contribution in [3.8, 4) is 0 Å². The molecule has 18 atom stereocenters. The van der Waals surface area contributed by atoms with Crippen molar-refractivity contribution in [3.63, 3.8) is 0 Å². The van der Waals surface area contributed by atoms with Gasteiger partial charge in [-0.1, -0.05) is 0 Å². The van der Waals surface area contributed by atoms with Gasteiger partial charge in [0.1, 0.15) is 85.0 Å². The third-order valence-electron chi connectivity index (χ3n) is 12.0. The molecule has 0 aliphatic carbocycles. The zero-order chi connectivity index (χ0) is 60.7. The first-order chi connectivity index (χ1) is 37.1. The zero-order valence-electron chi connectivity index (χ0n) is 43.3. The number of rotatable bonds is 31. The van der Waals surface area contributed by atoms with E-state index in [1.165, 1.54) is 6.92 Å². The monoisotopic (exact) mass is 1200 g/mol. The second-order valence-corrected chi connectivity index (χ2v) is 21.4. The lowest BCUT2D eigenvalue weighted by Crippen LogP contribution is -2.66. The van der Waals surface area contributed by atoms with Crippen LogP contribution in [-0.4, -0.2) is 233 Å². The average molecular weight is 1200 g/mol. The van der Waals surface area contributed by atoms with Gasteiger partial charge in [0.25, 0.3) is 0 Å². The number of carbonyl (C=O) groups excluding carboxylic acids is 8. The summed E-state index contributed by atoms with van der Waals surface area (Å²) in [5, 5.41) is 85.3. The number of carbonyl (C=O) groups is 11. The number of carboxylic acids is 3. The van der Waals surface area contributed by atoms with Crippen LogP contribution in [0.2, 0.25) is 0 Å². The molecule has 37 nitrogen and oxygen atoms in total. The number of nitrogens with zero attached hydrogens (tertiary/aromatic N) is 1. The molecular weight excluding hydrogens is 1130 g/mol. The van der Waals surface area contributed by atoms with E-state index in [0.717, 1.165) is 32.6 Å². The fourth-order valence-electron chi connectivity index (χ4n) is 7.63. The van der Waals surface area contributed by atoms with E-state index in [1.54, 1.807) is 0 Å². The molecule has 3 aliphatic heterocycles. The Kier molecular flexibility index (Phi) is 25.9. The molecule has 3 aliphatic rings. The van der Waals surface area contributed by atoms with Crippen LogP contribution in [0.1, 0.15) is 73.1 Å². The minimum absolute atomic E-state index is 0.0532. The van der Waals surface area contributed by atoms with E-state index in [4.69, 9.17) is 34.7 Å². The summed E-state index contributed by atoms with van der Waals surface area (Å²) < 4.78 is 56.5. The minimum Gasteiger partial charge on any atom is -0.480 e. The van der Waals surface area contributed by atoms with Crippen LogP contribution in [0.5, 0.6) is 0 Å². The summed E-state index contributed by atoms with van der Waals surface area (Å²) in [7, 11) is -11.7. The highest BCUT2D eigenvalue weighted by Gasteiger charge is 2.53. The average Bonchev–Trinajstić information content (AvgIpc) is 3.63. The van der Waals surface area contributed by atoms with E-state index in [1.807, 2.05) is 5.32 Å². The van der Waals surface area contributed by atoms with Gasteiger partial charge < -0.3 is 97.4 Å². The number of hydrogen-bond donors (Lipinski definition) is 17. The summed E-state index contributed by atoms with van der Waals surface area (Å²) in [5.74, 6) is -11.2. The minimum atomic E-state index is -5.96. The normalized spacial score (nSPS) is 27.1. The fraction of sp³-hybridized carbons (Fsp3) is 0.732. The number of urea groups is 1. The van der Waals surface area contributed by atoms with E-state index in [2.05, 4.69) is 40.7 Å². The first-order valence-electron chi connectivity index (χ1n) is 24.2. The van der Waals surface area contributed by atoms with Crippen LogP contribution in [0.15, 0.2) is 0 Å². The van der Waals surface area contributed by atoms with Crippen molar-refractivity contribution in [1.82, 2.24) is 42.1 Å². The second kappa shape index (κ2) is 30.2. The lowest BCUT2D eigenvalue weighted by Gasteiger charge is -2.44. The van der Waals surface area contributed by atoms with Gasteiger partial charge in [-0.3, -0.25) is 62.4 Å². The Morgan fingerprint density at radius 3 is 1.90 bits per heavy atom. The molecule has 454 valence electrons. The molecule has 3 rings (SSSR count). The highest BCUT2D eigenvalue weighted by atomic mass is 31.3. The lowest BCUT2D eigenvalue weighted by atomic mass is 9.96. The van der Waals surface area contributed by atoms with Gasteiger partial charge in [0.2, 0.25) is 41.4 Å². The van der Waals surface area contributed by atoms with Crippen molar-refractivity contribution >= 4 is 80.9 Å². The molecule has 0 spiro atoms. The molecule has 9 amide bonds. The quantitative estimate of drug-likeness (QED) is 0.0287. The highest BCUT2D eigenvalue weighted by molar-refractivity contribution is 7.61. The number of amides is 9. The van der Waals surface area contributed by atoms with Gasteiger partial charge in [-0.25, -0.2) is 18.7 Å². The molecule has 0 saturated carbocycles. The summed E-state index contributed by atoms with van der Waals surface area (Å²) in [5.41, 5.74) is 5.53. The number of imide groups is 1. The molecular formula is C41H67N9O28P2. The molecule has 0 radical (unpaired) electrons. The number of phosphoric acid groups is 2. The lowest BCUT2D eigenvalue weighted by molar-refractivity contribution is -0.261. The highest BCUT2D eigenvalue weighted by Crippen LogP contribution is 2.61. The molecule has 80 heavy (non-hydrogen) atoms. The number of carboxylic acid groups (broad SMARTS) is 3. The van der Waals surface area contributed by atoms with Crippen molar-refractivity contribution in [2.45, 2.75) is 171 Å². The van der Waals surface area contributed by atoms with Crippen LogP contribution in [0.3, 0.4) is 0 Å². The van der Waals surface area contributed by atoms with Crippen LogP contribution in [-0.2, 0) is 84.6 Å². The molecule has 0 bridgehead atoms. The van der Waals surface area contributed by atoms with Crippen LogP contribution < -0.4 is 43.0 Å². The fourth-order valence-corrected chi connectivity index (χ4v) is 9.79. The number of hydrogen-bond acceptors (Lipinski definition) is 24. The van der Waals surface area contributed by atoms with Gasteiger partial charge in [0.15, 0.2) is 12.5 Å². The van der Waals surface area contributed by atoms with E-state index in [0.29, 0.717) is 0 Å². The number of aliphatic carboxylic acids is 3. The molecule has 0 aromatic heterocycles. The first-order valence-corrected chi connectivity index (χ1v) is 27.2. The van der Waals surface area contributed by atoms with E-state index in [9.17, 15) is 97.2 Å². The molecule has 39 heteroatoms. The Labute approximate surface area is 453 Å². The van der Waals surface area contributed by atoms with Crippen molar-refractivity contribution in [2.24, 2.45) is 5.73 Å².